The zero-order valence-electron chi connectivity index (χ0n) is 14.0. The van der Waals surface area contributed by atoms with Gasteiger partial charge in [0.25, 0.3) is 0 Å². The van der Waals surface area contributed by atoms with E-state index in [1.807, 2.05) is 49.4 Å². The van der Waals surface area contributed by atoms with E-state index in [1.165, 1.54) is 0 Å². The number of halogens is 1. The number of hydrogen-bond acceptors (Lipinski definition) is 6. The minimum Gasteiger partial charge on any atom is -0.496 e. The Bertz CT molecular complexity index is 872. The second-order valence-corrected chi connectivity index (χ2v) is 5.83. The van der Waals surface area contributed by atoms with Gasteiger partial charge in [-0.25, -0.2) is 0 Å². The Morgan fingerprint density at radius 3 is 2.80 bits per heavy atom. The van der Waals surface area contributed by atoms with Crippen LogP contribution in [-0.4, -0.2) is 22.3 Å². The van der Waals surface area contributed by atoms with Gasteiger partial charge in [-0.15, -0.1) is 5.10 Å². The fourth-order valence-corrected chi connectivity index (χ4v) is 2.46. The van der Waals surface area contributed by atoms with Crippen LogP contribution in [0, 0.1) is 6.92 Å². The van der Waals surface area contributed by atoms with Gasteiger partial charge in [0.1, 0.15) is 5.75 Å². The van der Waals surface area contributed by atoms with E-state index in [4.69, 9.17) is 16.3 Å². The SMILES string of the molecule is COc1ccccc1CNc1nncc(Nc2ccc(C)c(Cl)c2)n1. The average molecular weight is 356 g/mol. The lowest BCUT2D eigenvalue weighted by atomic mass is 10.2. The highest BCUT2D eigenvalue weighted by molar-refractivity contribution is 6.31. The molecule has 0 saturated heterocycles. The van der Waals surface area contributed by atoms with E-state index in [0.717, 1.165) is 22.6 Å². The number of benzene rings is 2. The Labute approximate surface area is 151 Å². The van der Waals surface area contributed by atoms with Crippen LogP contribution in [0.4, 0.5) is 17.5 Å². The minimum absolute atomic E-state index is 0.425. The van der Waals surface area contributed by atoms with Crippen molar-refractivity contribution in [2.45, 2.75) is 13.5 Å². The Kier molecular flexibility index (Phi) is 5.30. The van der Waals surface area contributed by atoms with Gasteiger partial charge in [-0.1, -0.05) is 35.9 Å². The summed E-state index contributed by atoms with van der Waals surface area (Å²) >= 11 is 6.14. The van der Waals surface area contributed by atoms with Crippen LogP contribution in [0.1, 0.15) is 11.1 Å². The summed E-state index contributed by atoms with van der Waals surface area (Å²) < 4.78 is 5.34. The maximum atomic E-state index is 6.14. The van der Waals surface area contributed by atoms with Crippen molar-refractivity contribution in [1.82, 2.24) is 15.2 Å². The largest absolute Gasteiger partial charge is 0.496 e. The maximum absolute atomic E-state index is 6.14. The molecule has 0 saturated carbocycles. The van der Waals surface area contributed by atoms with E-state index in [2.05, 4.69) is 25.8 Å². The zero-order valence-corrected chi connectivity index (χ0v) is 14.7. The van der Waals surface area contributed by atoms with Crippen LogP contribution >= 0.6 is 11.6 Å². The Balaban J connectivity index is 1.70. The highest BCUT2D eigenvalue weighted by Gasteiger charge is 2.05. The number of methoxy groups -OCH3 is 1. The molecule has 0 atom stereocenters. The predicted molar refractivity (Wildman–Crippen MR) is 99.6 cm³/mol. The van der Waals surface area contributed by atoms with Crippen LogP contribution in [0.5, 0.6) is 5.75 Å². The summed E-state index contributed by atoms with van der Waals surface area (Å²) in [5, 5.41) is 15.0. The molecule has 0 radical (unpaired) electrons. The molecule has 7 heteroatoms. The molecule has 3 aromatic rings. The van der Waals surface area contributed by atoms with Crippen molar-refractivity contribution in [2.75, 3.05) is 17.7 Å². The maximum Gasteiger partial charge on any atom is 0.244 e. The molecular weight excluding hydrogens is 338 g/mol. The van der Waals surface area contributed by atoms with Crippen molar-refractivity contribution in [3.63, 3.8) is 0 Å². The quantitative estimate of drug-likeness (QED) is 0.690. The number of rotatable bonds is 6. The molecule has 0 fully saturated rings. The van der Waals surface area contributed by atoms with Crippen LogP contribution < -0.4 is 15.4 Å². The first kappa shape index (κ1) is 17.0. The lowest BCUT2D eigenvalue weighted by Gasteiger charge is -2.10. The first-order chi connectivity index (χ1) is 12.2. The molecule has 1 aromatic heterocycles. The van der Waals surface area contributed by atoms with E-state index >= 15 is 0 Å². The van der Waals surface area contributed by atoms with E-state index in [1.54, 1.807) is 13.3 Å². The monoisotopic (exact) mass is 355 g/mol. The molecule has 0 amide bonds. The van der Waals surface area contributed by atoms with Gasteiger partial charge in [-0.05, 0) is 30.7 Å². The molecule has 0 aliphatic carbocycles. The molecule has 0 unspecified atom stereocenters. The number of hydrogen-bond donors (Lipinski definition) is 2. The van der Waals surface area contributed by atoms with Crippen molar-refractivity contribution in [3.8, 4) is 5.75 Å². The van der Waals surface area contributed by atoms with E-state index in [9.17, 15) is 0 Å². The number of ether oxygens (including phenoxy) is 1. The van der Waals surface area contributed by atoms with Crippen molar-refractivity contribution in [1.29, 1.82) is 0 Å². The van der Waals surface area contributed by atoms with Gasteiger partial charge >= 0.3 is 0 Å². The van der Waals surface area contributed by atoms with E-state index < -0.39 is 0 Å². The first-order valence-corrected chi connectivity index (χ1v) is 8.12. The normalized spacial score (nSPS) is 10.4. The summed E-state index contributed by atoms with van der Waals surface area (Å²) in [6, 6.07) is 13.5. The van der Waals surface area contributed by atoms with Gasteiger partial charge in [0.05, 0.1) is 13.3 Å². The molecule has 0 aliphatic heterocycles. The second-order valence-electron chi connectivity index (χ2n) is 5.42. The molecule has 0 spiro atoms. The van der Waals surface area contributed by atoms with Crippen LogP contribution in [0.3, 0.4) is 0 Å². The molecule has 1 heterocycles. The van der Waals surface area contributed by atoms with E-state index in [0.29, 0.717) is 23.3 Å². The van der Waals surface area contributed by atoms with Gasteiger partial charge in [-0.2, -0.15) is 10.1 Å². The topological polar surface area (TPSA) is 72.0 Å². The van der Waals surface area contributed by atoms with Gasteiger partial charge < -0.3 is 15.4 Å². The van der Waals surface area contributed by atoms with Crippen LogP contribution in [0.2, 0.25) is 5.02 Å². The van der Waals surface area contributed by atoms with Crippen molar-refractivity contribution in [2.24, 2.45) is 0 Å². The molecule has 0 aliphatic rings. The van der Waals surface area contributed by atoms with Gasteiger partial charge in [0.15, 0.2) is 5.82 Å². The molecule has 2 aromatic carbocycles. The van der Waals surface area contributed by atoms with Crippen LogP contribution in [-0.2, 0) is 6.54 Å². The Hall–Kier alpha value is -2.86. The van der Waals surface area contributed by atoms with Gasteiger partial charge in [-0.3, -0.25) is 0 Å². The summed E-state index contributed by atoms with van der Waals surface area (Å²) in [6.07, 6.45) is 1.56. The molecule has 6 nitrogen and oxygen atoms in total. The smallest absolute Gasteiger partial charge is 0.244 e. The average Bonchev–Trinajstić information content (AvgIpc) is 2.63. The van der Waals surface area contributed by atoms with Gasteiger partial charge in [0.2, 0.25) is 5.95 Å². The third kappa shape index (κ3) is 4.36. The third-order valence-electron chi connectivity index (χ3n) is 3.63. The summed E-state index contributed by atoms with van der Waals surface area (Å²) in [6.45, 7) is 2.49. The van der Waals surface area contributed by atoms with Crippen LogP contribution in [0.15, 0.2) is 48.7 Å². The number of aromatic nitrogens is 3. The molecule has 0 bridgehead atoms. The summed E-state index contributed by atoms with van der Waals surface area (Å²) in [7, 11) is 1.65. The summed E-state index contributed by atoms with van der Waals surface area (Å²) in [4.78, 5) is 4.41. The number of nitrogens with one attached hydrogen (secondary N) is 2. The third-order valence-corrected chi connectivity index (χ3v) is 4.04. The number of para-hydroxylation sites is 1. The summed E-state index contributed by atoms with van der Waals surface area (Å²) in [5.74, 6) is 1.82. The van der Waals surface area contributed by atoms with E-state index in [-0.39, 0.29) is 0 Å². The Morgan fingerprint density at radius 2 is 2.00 bits per heavy atom. The molecule has 128 valence electrons. The highest BCUT2D eigenvalue weighted by atomic mass is 35.5. The molecule has 25 heavy (non-hydrogen) atoms. The number of aryl methyl sites for hydroxylation is 1. The zero-order chi connectivity index (χ0) is 17.6. The first-order valence-electron chi connectivity index (χ1n) is 7.74. The van der Waals surface area contributed by atoms with Crippen molar-refractivity contribution < 1.29 is 4.74 Å². The van der Waals surface area contributed by atoms with Gasteiger partial charge in [0, 0.05) is 22.8 Å². The van der Waals surface area contributed by atoms with Crippen LogP contribution in [0.25, 0.3) is 0 Å². The number of anilines is 3. The number of nitrogens with zero attached hydrogens (tertiary/aromatic N) is 3. The standard InChI is InChI=1S/C18H18ClN5O/c1-12-7-8-14(9-15(12)19)22-17-11-21-24-18(23-17)20-10-13-5-3-4-6-16(13)25-2/h3-9,11H,10H2,1-2H3,(H2,20,22,23,24). The lowest BCUT2D eigenvalue weighted by Crippen LogP contribution is -2.07. The molecule has 3 rings (SSSR count). The minimum atomic E-state index is 0.425. The second kappa shape index (κ2) is 7.81. The lowest BCUT2D eigenvalue weighted by molar-refractivity contribution is 0.410. The fraction of sp³-hybridized carbons (Fsp3) is 0.167. The fourth-order valence-electron chi connectivity index (χ4n) is 2.28. The molecule has 2 N–H and O–H groups in total. The highest BCUT2D eigenvalue weighted by Crippen LogP contribution is 2.22. The molecular formula is C18H18ClN5O. The Morgan fingerprint density at radius 1 is 1.16 bits per heavy atom. The predicted octanol–water partition coefficient (Wildman–Crippen LogP) is 4.20. The summed E-state index contributed by atoms with van der Waals surface area (Å²) in [5.41, 5.74) is 2.87. The van der Waals surface area contributed by atoms with Crippen molar-refractivity contribution >= 4 is 29.1 Å². The van der Waals surface area contributed by atoms with Crippen molar-refractivity contribution in [3.05, 3.63) is 64.8 Å².